The lowest BCUT2D eigenvalue weighted by molar-refractivity contribution is 1.58. The first-order chi connectivity index (χ1) is 9.27. The second kappa shape index (κ2) is 4.06. The summed E-state index contributed by atoms with van der Waals surface area (Å²) in [5.74, 6) is 0. The van der Waals surface area contributed by atoms with Crippen LogP contribution in [0.15, 0.2) is 52.3 Å². The van der Waals surface area contributed by atoms with Crippen molar-refractivity contribution in [1.82, 2.24) is 0 Å². The van der Waals surface area contributed by atoms with Gasteiger partial charge in [-0.2, -0.15) is 0 Å². The van der Waals surface area contributed by atoms with Crippen LogP contribution in [0.2, 0.25) is 0 Å². The van der Waals surface area contributed by atoms with E-state index >= 15 is 0 Å². The van der Waals surface area contributed by atoms with Gasteiger partial charge in [-0.1, -0.05) is 48.5 Å². The zero-order valence-electron chi connectivity index (χ0n) is 10.4. The third-order valence-corrected chi connectivity index (χ3v) is 5.94. The van der Waals surface area contributed by atoms with Crippen LogP contribution in [0, 0.1) is 6.92 Å². The average Bonchev–Trinajstić information content (AvgIpc) is 2.76. The van der Waals surface area contributed by atoms with Gasteiger partial charge in [-0.25, -0.2) is 0 Å². The molecule has 0 amide bonds. The van der Waals surface area contributed by atoms with Gasteiger partial charge in [-0.15, -0.1) is 11.3 Å². The highest BCUT2D eigenvalue weighted by Gasteiger charge is 2.13. The summed E-state index contributed by atoms with van der Waals surface area (Å²) in [7, 11) is 0. The fourth-order valence-electron chi connectivity index (χ4n) is 2.85. The molecule has 3 aromatic carbocycles. The van der Waals surface area contributed by atoms with Crippen molar-refractivity contribution in [1.29, 1.82) is 0 Å². The quantitative estimate of drug-likeness (QED) is 0.333. The molecule has 0 radical (unpaired) electrons. The molecule has 92 valence electrons. The number of hydrogen-bond acceptors (Lipinski definition) is 1. The lowest BCUT2D eigenvalue weighted by Gasteiger charge is -2.07. The Hall–Kier alpha value is -1.38. The van der Waals surface area contributed by atoms with Crippen LogP contribution >= 0.6 is 27.3 Å². The number of halogens is 1. The molecule has 0 nitrogen and oxygen atoms in total. The standard InChI is InChI=1S/C17H11BrS/c1-10-15-13-8-4-2-6-11(13)12-7-3-5-9-14(12)16(15)19-17(10)18/h2-9H,1H3. The van der Waals surface area contributed by atoms with Crippen LogP contribution in [0.5, 0.6) is 0 Å². The van der Waals surface area contributed by atoms with Gasteiger partial charge in [0, 0.05) is 15.5 Å². The van der Waals surface area contributed by atoms with Gasteiger partial charge in [-0.3, -0.25) is 0 Å². The Morgan fingerprint density at radius 1 is 0.789 bits per heavy atom. The molecular weight excluding hydrogens is 316 g/mol. The molecule has 0 bridgehead atoms. The van der Waals surface area contributed by atoms with Crippen LogP contribution in [0.4, 0.5) is 0 Å². The summed E-state index contributed by atoms with van der Waals surface area (Å²) < 4.78 is 2.63. The number of aryl methyl sites for hydroxylation is 1. The smallest absolute Gasteiger partial charge is 0.0740 e. The molecule has 4 rings (SSSR count). The maximum absolute atomic E-state index is 3.70. The maximum atomic E-state index is 3.70. The van der Waals surface area contributed by atoms with Gasteiger partial charge < -0.3 is 0 Å². The van der Waals surface area contributed by atoms with Crippen molar-refractivity contribution < 1.29 is 0 Å². The summed E-state index contributed by atoms with van der Waals surface area (Å²) >= 11 is 5.54. The van der Waals surface area contributed by atoms with E-state index in [4.69, 9.17) is 0 Å². The van der Waals surface area contributed by atoms with E-state index in [1.807, 2.05) is 11.3 Å². The molecule has 0 fully saturated rings. The van der Waals surface area contributed by atoms with Crippen molar-refractivity contribution >= 4 is 58.9 Å². The van der Waals surface area contributed by atoms with Gasteiger partial charge in [0.2, 0.25) is 0 Å². The molecule has 0 aliphatic rings. The highest BCUT2D eigenvalue weighted by atomic mass is 79.9. The normalized spacial score (nSPS) is 11.7. The largest absolute Gasteiger partial charge is 0.127 e. The number of rotatable bonds is 0. The minimum atomic E-state index is 1.24. The minimum absolute atomic E-state index is 1.24. The lowest BCUT2D eigenvalue weighted by atomic mass is 9.97. The highest BCUT2D eigenvalue weighted by molar-refractivity contribution is 9.11. The molecule has 2 heteroatoms. The third-order valence-electron chi connectivity index (χ3n) is 3.75. The Morgan fingerprint density at radius 2 is 1.32 bits per heavy atom. The molecule has 0 unspecified atom stereocenters. The Balaban J connectivity index is 2.47. The summed E-state index contributed by atoms with van der Waals surface area (Å²) in [5, 5.41) is 6.80. The van der Waals surface area contributed by atoms with Crippen LogP contribution < -0.4 is 0 Å². The molecule has 0 saturated carbocycles. The average molecular weight is 327 g/mol. The topological polar surface area (TPSA) is 0 Å². The molecule has 0 saturated heterocycles. The van der Waals surface area contributed by atoms with Gasteiger partial charge in [0.05, 0.1) is 3.79 Å². The molecule has 1 aromatic heterocycles. The summed E-state index contributed by atoms with van der Waals surface area (Å²) in [6.07, 6.45) is 0. The van der Waals surface area contributed by atoms with Crippen molar-refractivity contribution in [3.8, 4) is 0 Å². The van der Waals surface area contributed by atoms with E-state index in [2.05, 4.69) is 71.4 Å². The van der Waals surface area contributed by atoms with Crippen LogP contribution in [-0.4, -0.2) is 0 Å². The summed E-state index contributed by atoms with van der Waals surface area (Å²) in [4.78, 5) is 0. The Bertz CT molecular complexity index is 934. The lowest BCUT2D eigenvalue weighted by Crippen LogP contribution is -1.80. The van der Waals surface area contributed by atoms with E-state index in [1.54, 1.807) is 0 Å². The van der Waals surface area contributed by atoms with Crippen LogP contribution in [0.3, 0.4) is 0 Å². The molecule has 0 spiro atoms. The number of hydrogen-bond donors (Lipinski definition) is 0. The summed E-state index contributed by atoms with van der Waals surface area (Å²) in [6.45, 7) is 2.20. The fourth-order valence-corrected chi connectivity index (χ4v) is 4.62. The van der Waals surface area contributed by atoms with Gasteiger partial charge in [0.1, 0.15) is 0 Å². The first kappa shape index (κ1) is 11.4. The Labute approximate surface area is 123 Å². The zero-order valence-corrected chi connectivity index (χ0v) is 12.8. The third kappa shape index (κ3) is 1.50. The van der Waals surface area contributed by atoms with Crippen molar-refractivity contribution in [2.45, 2.75) is 6.92 Å². The molecule has 1 heterocycles. The number of fused-ring (bicyclic) bond motifs is 6. The molecular formula is C17H11BrS. The van der Waals surface area contributed by atoms with Gasteiger partial charge in [-0.05, 0) is 44.6 Å². The van der Waals surface area contributed by atoms with Gasteiger partial charge >= 0.3 is 0 Å². The first-order valence-corrected chi connectivity index (χ1v) is 7.86. The molecule has 4 aromatic rings. The Morgan fingerprint density at radius 3 is 2.00 bits per heavy atom. The Kier molecular flexibility index (Phi) is 2.44. The summed E-state index contributed by atoms with van der Waals surface area (Å²) in [6, 6.07) is 17.4. The summed E-state index contributed by atoms with van der Waals surface area (Å²) in [5.41, 5.74) is 1.35. The van der Waals surface area contributed by atoms with E-state index < -0.39 is 0 Å². The second-order valence-electron chi connectivity index (χ2n) is 4.80. The minimum Gasteiger partial charge on any atom is -0.127 e. The van der Waals surface area contributed by atoms with Gasteiger partial charge in [0.25, 0.3) is 0 Å². The van der Waals surface area contributed by atoms with Crippen molar-refractivity contribution in [3.05, 3.63) is 57.9 Å². The van der Waals surface area contributed by atoms with Crippen molar-refractivity contribution in [2.24, 2.45) is 0 Å². The predicted octanol–water partition coefficient (Wildman–Crippen LogP) is 6.28. The molecule has 19 heavy (non-hydrogen) atoms. The van der Waals surface area contributed by atoms with Crippen LogP contribution in [0.25, 0.3) is 31.6 Å². The number of thiophene rings is 1. The monoisotopic (exact) mass is 326 g/mol. The highest BCUT2D eigenvalue weighted by Crippen LogP contribution is 2.43. The van der Waals surface area contributed by atoms with E-state index in [-0.39, 0.29) is 0 Å². The maximum Gasteiger partial charge on any atom is 0.0740 e. The van der Waals surface area contributed by atoms with E-state index in [0.29, 0.717) is 0 Å². The second-order valence-corrected chi connectivity index (χ2v) is 7.13. The molecule has 0 aliphatic carbocycles. The number of benzene rings is 3. The van der Waals surface area contributed by atoms with E-state index in [1.165, 1.54) is 41.0 Å². The zero-order chi connectivity index (χ0) is 13.0. The fraction of sp³-hybridized carbons (Fsp3) is 0.0588. The van der Waals surface area contributed by atoms with Crippen molar-refractivity contribution in [2.75, 3.05) is 0 Å². The van der Waals surface area contributed by atoms with Crippen LogP contribution in [-0.2, 0) is 0 Å². The first-order valence-electron chi connectivity index (χ1n) is 6.25. The van der Waals surface area contributed by atoms with Crippen LogP contribution in [0.1, 0.15) is 5.56 Å². The molecule has 0 atom stereocenters. The van der Waals surface area contributed by atoms with Gasteiger partial charge in [0.15, 0.2) is 0 Å². The SMILES string of the molecule is Cc1c(Br)sc2c3ccccc3c3ccccc3c12. The molecule has 0 N–H and O–H groups in total. The van der Waals surface area contributed by atoms with E-state index in [0.717, 1.165) is 0 Å². The van der Waals surface area contributed by atoms with Crippen molar-refractivity contribution in [3.63, 3.8) is 0 Å². The molecule has 0 aliphatic heterocycles. The van der Waals surface area contributed by atoms with E-state index in [9.17, 15) is 0 Å². The predicted molar refractivity (Wildman–Crippen MR) is 89.3 cm³/mol.